The van der Waals surface area contributed by atoms with Crippen LogP contribution in [0.15, 0.2) is 35.7 Å². The summed E-state index contributed by atoms with van der Waals surface area (Å²) in [6, 6.07) is 5.20. The molecule has 0 bridgehead atoms. The van der Waals surface area contributed by atoms with Crippen LogP contribution >= 0.6 is 11.6 Å². The third-order valence-electron chi connectivity index (χ3n) is 2.79. The van der Waals surface area contributed by atoms with E-state index in [1.165, 1.54) is 0 Å². The minimum absolute atomic E-state index is 0.0443. The fourth-order valence-corrected chi connectivity index (χ4v) is 2.10. The van der Waals surface area contributed by atoms with E-state index in [9.17, 15) is 0 Å². The molecule has 0 aliphatic carbocycles. The Bertz CT molecular complexity index is 606. The molecule has 0 atom stereocenters. The molecular formula is C13H15ClN4O. The highest BCUT2D eigenvalue weighted by molar-refractivity contribution is 6.31. The van der Waals surface area contributed by atoms with Crippen LogP contribution in [0.1, 0.15) is 24.7 Å². The fraction of sp³-hybridized carbons (Fsp3) is 0.231. The number of halogens is 1. The molecular weight excluding hydrogens is 264 g/mol. The molecule has 1 heterocycles. The van der Waals surface area contributed by atoms with Crippen molar-refractivity contribution in [1.29, 1.82) is 0 Å². The summed E-state index contributed by atoms with van der Waals surface area (Å²) in [5.74, 6) is 0.958. The third kappa shape index (κ3) is 2.71. The van der Waals surface area contributed by atoms with E-state index in [1.54, 1.807) is 24.4 Å². The lowest BCUT2D eigenvalue weighted by molar-refractivity contribution is 0.318. The van der Waals surface area contributed by atoms with Crippen LogP contribution in [0.4, 0.5) is 0 Å². The highest BCUT2D eigenvalue weighted by Crippen LogP contribution is 2.21. The van der Waals surface area contributed by atoms with Gasteiger partial charge >= 0.3 is 0 Å². The first-order valence-electron chi connectivity index (χ1n) is 5.97. The first kappa shape index (κ1) is 13.4. The van der Waals surface area contributed by atoms with Gasteiger partial charge < -0.3 is 15.5 Å². The zero-order chi connectivity index (χ0) is 13.8. The van der Waals surface area contributed by atoms with Gasteiger partial charge in [0, 0.05) is 29.4 Å². The summed E-state index contributed by atoms with van der Waals surface area (Å²) in [4.78, 5) is 4.31. The average Bonchev–Trinajstić information content (AvgIpc) is 2.86. The van der Waals surface area contributed by atoms with Gasteiger partial charge in [-0.05, 0) is 24.6 Å². The van der Waals surface area contributed by atoms with Gasteiger partial charge in [0.2, 0.25) is 0 Å². The maximum absolute atomic E-state index is 8.86. The lowest BCUT2D eigenvalue weighted by Gasteiger charge is -2.12. The number of oxime groups is 1. The Balaban J connectivity index is 2.60. The van der Waals surface area contributed by atoms with E-state index in [0.717, 1.165) is 24.4 Å². The van der Waals surface area contributed by atoms with E-state index in [-0.39, 0.29) is 5.84 Å². The van der Waals surface area contributed by atoms with Crippen molar-refractivity contribution in [2.45, 2.75) is 19.8 Å². The van der Waals surface area contributed by atoms with Crippen LogP contribution in [0.5, 0.6) is 0 Å². The van der Waals surface area contributed by atoms with E-state index >= 15 is 0 Å². The van der Waals surface area contributed by atoms with Gasteiger partial charge in [-0.3, -0.25) is 0 Å². The number of aromatic nitrogens is 2. The SMILES string of the molecule is CCCc1nccn1-c1cc(Cl)ccc1C(N)=NO. The number of rotatable bonds is 4. The van der Waals surface area contributed by atoms with Gasteiger partial charge in [-0.15, -0.1) is 0 Å². The van der Waals surface area contributed by atoms with Gasteiger partial charge in [-0.2, -0.15) is 0 Å². The maximum atomic E-state index is 8.86. The summed E-state index contributed by atoms with van der Waals surface area (Å²) in [6.45, 7) is 2.08. The van der Waals surface area contributed by atoms with Crippen molar-refractivity contribution in [2.24, 2.45) is 10.9 Å². The van der Waals surface area contributed by atoms with Gasteiger partial charge in [-0.1, -0.05) is 23.7 Å². The van der Waals surface area contributed by atoms with Gasteiger partial charge in [0.25, 0.3) is 0 Å². The number of amidine groups is 1. The highest BCUT2D eigenvalue weighted by atomic mass is 35.5. The minimum Gasteiger partial charge on any atom is -0.409 e. The van der Waals surface area contributed by atoms with Crippen molar-refractivity contribution in [2.75, 3.05) is 0 Å². The van der Waals surface area contributed by atoms with Crippen molar-refractivity contribution in [3.05, 3.63) is 47.0 Å². The average molecular weight is 279 g/mol. The smallest absolute Gasteiger partial charge is 0.172 e. The van der Waals surface area contributed by atoms with Crippen LogP contribution in [-0.4, -0.2) is 20.6 Å². The molecule has 1 aromatic heterocycles. The van der Waals surface area contributed by atoms with E-state index in [0.29, 0.717) is 10.6 Å². The Hall–Kier alpha value is -2.01. The Morgan fingerprint density at radius 1 is 1.53 bits per heavy atom. The van der Waals surface area contributed by atoms with Gasteiger partial charge in [-0.25, -0.2) is 4.98 Å². The van der Waals surface area contributed by atoms with Crippen molar-refractivity contribution >= 4 is 17.4 Å². The number of nitrogens with zero attached hydrogens (tertiary/aromatic N) is 3. The Labute approximate surface area is 116 Å². The summed E-state index contributed by atoms with van der Waals surface area (Å²) in [5.41, 5.74) is 7.07. The summed E-state index contributed by atoms with van der Waals surface area (Å²) in [7, 11) is 0. The second-order valence-corrected chi connectivity index (χ2v) is 4.55. The molecule has 100 valence electrons. The molecule has 6 heteroatoms. The number of hydrogen-bond donors (Lipinski definition) is 2. The highest BCUT2D eigenvalue weighted by Gasteiger charge is 2.12. The first-order valence-corrected chi connectivity index (χ1v) is 6.35. The fourth-order valence-electron chi connectivity index (χ4n) is 1.94. The number of hydrogen-bond acceptors (Lipinski definition) is 3. The standard InChI is InChI=1S/C13H15ClN4O/c1-2-3-12-16-6-7-18(12)11-8-9(14)4-5-10(11)13(15)17-19/h4-8,19H,2-3H2,1H3,(H2,15,17). The minimum atomic E-state index is 0.0443. The molecule has 0 spiro atoms. The van der Waals surface area contributed by atoms with Crippen LogP contribution in [0.3, 0.4) is 0 Å². The van der Waals surface area contributed by atoms with Crippen molar-refractivity contribution < 1.29 is 5.21 Å². The number of benzene rings is 1. The molecule has 5 nitrogen and oxygen atoms in total. The quantitative estimate of drug-likeness (QED) is 0.391. The summed E-state index contributed by atoms with van der Waals surface area (Å²) in [5, 5.41) is 12.5. The van der Waals surface area contributed by atoms with Crippen LogP contribution in [0, 0.1) is 0 Å². The predicted molar refractivity (Wildman–Crippen MR) is 75.1 cm³/mol. The van der Waals surface area contributed by atoms with Crippen LogP contribution in [0.2, 0.25) is 5.02 Å². The molecule has 2 aromatic rings. The lowest BCUT2D eigenvalue weighted by atomic mass is 10.1. The summed E-state index contributed by atoms with van der Waals surface area (Å²) < 4.78 is 1.91. The predicted octanol–water partition coefficient (Wildman–Crippen LogP) is 2.57. The molecule has 1 aromatic carbocycles. The molecule has 0 fully saturated rings. The van der Waals surface area contributed by atoms with Crippen LogP contribution in [-0.2, 0) is 6.42 Å². The second-order valence-electron chi connectivity index (χ2n) is 4.11. The Morgan fingerprint density at radius 3 is 3.00 bits per heavy atom. The second kappa shape index (κ2) is 5.75. The van der Waals surface area contributed by atoms with Crippen LogP contribution in [0.25, 0.3) is 5.69 Å². The Kier molecular flexibility index (Phi) is 4.06. The molecule has 0 aliphatic heterocycles. The zero-order valence-electron chi connectivity index (χ0n) is 10.5. The van der Waals surface area contributed by atoms with Gasteiger partial charge in [0.05, 0.1) is 5.69 Å². The topological polar surface area (TPSA) is 76.4 Å². The third-order valence-corrected chi connectivity index (χ3v) is 3.03. The molecule has 0 amide bonds. The largest absolute Gasteiger partial charge is 0.409 e. The molecule has 19 heavy (non-hydrogen) atoms. The monoisotopic (exact) mass is 278 g/mol. The van der Waals surface area contributed by atoms with Crippen molar-refractivity contribution in [3.8, 4) is 5.69 Å². The van der Waals surface area contributed by atoms with Gasteiger partial charge in [0.15, 0.2) is 5.84 Å². The van der Waals surface area contributed by atoms with E-state index < -0.39 is 0 Å². The number of aryl methyl sites for hydroxylation is 1. The molecule has 0 unspecified atom stereocenters. The van der Waals surface area contributed by atoms with Crippen molar-refractivity contribution in [1.82, 2.24) is 9.55 Å². The maximum Gasteiger partial charge on any atom is 0.172 e. The molecule has 0 saturated carbocycles. The summed E-state index contributed by atoms with van der Waals surface area (Å²) >= 11 is 6.03. The van der Waals surface area contributed by atoms with E-state index in [2.05, 4.69) is 17.1 Å². The zero-order valence-corrected chi connectivity index (χ0v) is 11.3. The van der Waals surface area contributed by atoms with Gasteiger partial charge in [0.1, 0.15) is 5.82 Å². The van der Waals surface area contributed by atoms with Crippen LogP contribution < -0.4 is 5.73 Å². The number of imidazole rings is 1. The van der Waals surface area contributed by atoms with E-state index in [4.69, 9.17) is 22.5 Å². The molecule has 0 aliphatic rings. The number of nitrogens with two attached hydrogens (primary N) is 1. The van der Waals surface area contributed by atoms with E-state index in [1.807, 2.05) is 10.8 Å². The van der Waals surface area contributed by atoms with Crippen molar-refractivity contribution in [3.63, 3.8) is 0 Å². The normalized spacial score (nSPS) is 11.8. The molecule has 3 N–H and O–H groups in total. The molecule has 0 radical (unpaired) electrons. The Morgan fingerprint density at radius 2 is 2.32 bits per heavy atom. The molecule has 0 saturated heterocycles. The molecule has 2 rings (SSSR count). The summed E-state index contributed by atoms with van der Waals surface area (Å²) in [6.07, 6.45) is 5.39. The lowest BCUT2D eigenvalue weighted by Crippen LogP contribution is -2.17. The first-order chi connectivity index (χ1) is 9.17.